The summed E-state index contributed by atoms with van der Waals surface area (Å²) in [5.41, 5.74) is 0. The van der Waals surface area contributed by atoms with Gasteiger partial charge in [-0.3, -0.25) is 4.79 Å². The lowest BCUT2D eigenvalue weighted by Gasteiger charge is -2.39. The Kier molecular flexibility index (Phi) is 4.06. The van der Waals surface area contributed by atoms with Crippen LogP contribution in [0.15, 0.2) is 17.4 Å². The smallest absolute Gasteiger partial charge is 0.245 e. The maximum atomic E-state index is 12.1. The number of hydrogen-bond acceptors (Lipinski definition) is 5. The van der Waals surface area contributed by atoms with Gasteiger partial charge < -0.3 is 9.80 Å². The Labute approximate surface area is 112 Å². The molecule has 1 amide bonds. The molecule has 2 rings (SSSR count). The summed E-state index contributed by atoms with van der Waals surface area (Å²) in [6, 6.07) is 1.72. The minimum Gasteiger partial charge on any atom is -0.343 e. The number of nitrogens with zero attached hydrogens (tertiary/aromatic N) is 4. The molecule has 1 atom stereocenters. The fourth-order valence-electron chi connectivity index (χ4n) is 2.15. The Balaban J connectivity index is 2.21. The molecular weight excluding hydrogens is 248 g/mol. The number of carbonyl (C=O) groups excluding carboxylic acids is 1. The molecule has 0 unspecified atom stereocenters. The SMILES string of the molecule is CCN1CCN(c2ccnc(SC)n2)[C@@H](C)C1=O. The molecule has 1 aliphatic rings. The average Bonchev–Trinajstić information content (AvgIpc) is 2.42. The molecule has 18 heavy (non-hydrogen) atoms. The maximum Gasteiger partial charge on any atom is 0.245 e. The first-order valence-corrected chi connectivity index (χ1v) is 7.32. The molecule has 2 heterocycles. The molecule has 1 aromatic heterocycles. The van der Waals surface area contributed by atoms with Crippen molar-refractivity contribution >= 4 is 23.5 Å². The lowest BCUT2D eigenvalue weighted by Crippen LogP contribution is -2.56. The number of likely N-dealkylation sites (N-methyl/N-ethyl adjacent to an activating group) is 1. The standard InChI is InChI=1S/C12H18N4OS/c1-4-15-7-8-16(9(2)11(15)17)10-5-6-13-12(14-10)18-3/h5-6,9H,4,7-8H2,1-3H3/t9-/m0/s1. The van der Waals surface area contributed by atoms with Crippen LogP contribution in [-0.2, 0) is 4.79 Å². The normalized spacial score (nSPS) is 20.4. The van der Waals surface area contributed by atoms with E-state index < -0.39 is 0 Å². The predicted molar refractivity (Wildman–Crippen MR) is 72.9 cm³/mol. The Morgan fingerprint density at radius 2 is 2.28 bits per heavy atom. The van der Waals surface area contributed by atoms with Gasteiger partial charge >= 0.3 is 0 Å². The lowest BCUT2D eigenvalue weighted by atomic mass is 10.2. The second-order valence-electron chi connectivity index (χ2n) is 4.19. The number of piperazine rings is 1. The molecule has 5 nitrogen and oxygen atoms in total. The molecular formula is C12H18N4OS. The van der Waals surface area contributed by atoms with Crippen LogP contribution in [-0.4, -0.2) is 52.7 Å². The van der Waals surface area contributed by atoms with Crippen LogP contribution >= 0.6 is 11.8 Å². The topological polar surface area (TPSA) is 49.3 Å². The summed E-state index contributed by atoms with van der Waals surface area (Å²) in [7, 11) is 0. The van der Waals surface area contributed by atoms with Gasteiger partial charge in [-0.25, -0.2) is 9.97 Å². The number of amides is 1. The molecule has 0 bridgehead atoms. The molecule has 1 aliphatic heterocycles. The monoisotopic (exact) mass is 266 g/mol. The van der Waals surface area contributed by atoms with E-state index in [1.807, 2.05) is 31.1 Å². The van der Waals surface area contributed by atoms with E-state index in [9.17, 15) is 4.79 Å². The summed E-state index contributed by atoms with van der Waals surface area (Å²) in [4.78, 5) is 24.7. The van der Waals surface area contributed by atoms with E-state index in [1.54, 1.807) is 6.20 Å². The summed E-state index contributed by atoms with van der Waals surface area (Å²) in [5, 5.41) is 0.741. The molecule has 0 aromatic carbocycles. The van der Waals surface area contributed by atoms with Crippen LogP contribution in [0.4, 0.5) is 5.82 Å². The Morgan fingerprint density at radius 3 is 2.94 bits per heavy atom. The van der Waals surface area contributed by atoms with Gasteiger partial charge in [-0.15, -0.1) is 0 Å². The highest BCUT2D eigenvalue weighted by Crippen LogP contribution is 2.20. The van der Waals surface area contributed by atoms with Crippen molar-refractivity contribution < 1.29 is 4.79 Å². The van der Waals surface area contributed by atoms with Crippen molar-refractivity contribution in [3.05, 3.63) is 12.3 Å². The number of anilines is 1. The molecule has 1 fully saturated rings. The first-order valence-electron chi connectivity index (χ1n) is 6.09. The van der Waals surface area contributed by atoms with E-state index in [-0.39, 0.29) is 11.9 Å². The Morgan fingerprint density at radius 1 is 1.50 bits per heavy atom. The van der Waals surface area contributed by atoms with Gasteiger partial charge in [0.25, 0.3) is 0 Å². The van der Waals surface area contributed by atoms with Crippen molar-refractivity contribution in [3.8, 4) is 0 Å². The zero-order chi connectivity index (χ0) is 13.1. The third-order valence-electron chi connectivity index (χ3n) is 3.22. The van der Waals surface area contributed by atoms with Crippen molar-refractivity contribution in [1.29, 1.82) is 0 Å². The predicted octanol–water partition coefficient (Wildman–Crippen LogP) is 1.26. The third kappa shape index (κ3) is 2.43. The highest BCUT2D eigenvalue weighted by molar-refractivity contribution is 7.98. The summed E-state index contributed by atoms with van der Waals surface area (Å²) in [6.45, 7) is 6.31. The molecule has 1 saturated heterocycles. The minimum atomic E-state index is -0.150. The van der Waals surface area contributed by atoms with Crippen LogP contribution in [0, 0.1) is 0 Å². The van der Waals surface area contributed by atoms with Gasteiger partial charge in [0.1, 0.15) is 11.9 Å². The number of thioether (sulfide) groups is 1. The van der Waals surface area contributed by atoms with Gasteiger partial charge in [0.15, 0.2) is 5.16 Å². The number of hydrogen-bond donors (Lipinski definition) is 0. The van der Waals surface area contributed by atoms with Gasteiger partial charge in [-0.05, 0) is 26.2 Å². The summed E-state index contributed by atoms with van der Waals surface area (Å²) < 4.78 is 0. The van der Waals surface area contributed by atoms with Crippen LogP contribution < -0.4 is 4.90 Å². The van der Waals surface area contributed by atoms with Gasteiger partial charge in [0, 0.05) is 25.8 Å². The van der Waals surface area contributed by atoms with Gasteiger partial charge in [-0.1, -0.05) is 11.8 Å². The van der Waals surface area contributed by atoms with Crippen molar-refractivity contribution in [3.63, 3.8) is 0 Å². The van der Waals surface area contributed by atoms with E-state index in [0.29, 0.717) is 0 Å². The van der Waals surface area contributed by atoms with E-state index in [1.165, 1.54) is 11.8 Å². The lowest BCUT2D eigenvalue weighted by molar-refractivity contribution is -0.133. The van der Waals surface area contributed by atoms with Crippen molar-refractivity contribution in [2.75, 3.05) is 30.8 Å². The second kappa shape index (κ2) is 5.56. The minimum absolute atomic E-state index is 0.150. The summed E-state index contributed by atoms with van der Waals surface area (Å²) in [5.74, 6) is 1.01. The van der Waals surface area contributed by atoms with Crippen molar-refractivity contribution in [1.82, 2.24) is 14.9 Å². The first kappa shape index (κ1) is 13.1. The highest BCUT2D eigenvalue weighted by atomic mass is 32.2. The van der Waals surface area contributed by atoms with E-state index in [0.717, 1.165) is 30.6 Å². The molecule has 0 N–H and O–H groups in total. The van der Waals surface area contributed by atoms with Gasteiger partial charge in [0.05, 0.1) is 0 Å². The zero-order valence-electron chi connectivity index (χ0n) is 11.0. The molecule has 98 valence electrons. The van der Waals surface area contributed by atoms with Crippen LogP contribution in [0.2, 0.25) is 0 Å². The first-order chi connectivity index (χ1) is 8.67. The number of carbonyl (C=O) groups is 1. The van der Waals surface area contributed by atoms with Crippen LogP contribution in [0.5, 0.6) is 0 Å². The summed E-state index contributed by atoms with van der Waals surface area (Å²) >= 11 is 1.51. The third-order valence-corrected chi connectivity index (χ3v) is 3.79. The highest BCUT2D eigenvalue weighted by Gasteiger charge is 2.31. The van der Waals surface area contributed by atoms with Crippen molar-refractivity contribution in [2.24, 2.45) is 0 Å². The summed E-state index contributed by atoms with van der Waals surface area (Å²) in [6.07, 6.45) is 3.69. The van der Waals surface area contributed by atoms with E-state index in [2.05, 4.69) is 14.9 Å². The number of aromatic nitrogens is 2. The largest absolute Gasteiger partial charge is 0.343 e. The molecule has 0 spiro atoms. The van der Waals surface area contributed by atoms with Gasteiger partial charge in [0.2, 0.25) is 5.91 Å². The quantitative estimate of drug-likeness (QED) is 0.609. The van der Waals surface area contributed by atoms with Crippen LogP contribution in [0.1, 0.15) is 13.8 Å². The Bertz CT molecular complexity index is 440. The Hall–Kier alpha value is -1.30. The van der Waals surface area contributed by atoms with E-state index >= 15 is 0 Å². The molecule has 0 saturated carbocycles. The molecule has 1 aromatic rings. The molecule has 6 heteroatoms. The average molecular weight is 266 g/mol. The van der Waals surface area contributed by atoms with E-state index in [4.69, 9.17) is 0 Å². The molecule has 0 aliphatic carbocycles. The fraction of sp³-hybridized carbons (Fsp3) is 0.583. The van der Waals surface area contributed by atoms with Crippen LogP contribution in [0.25, 0.3) is 0 Å². The maximum absolute atomic E-state index is 12.1. The fourth-order valence-corrected chi connectivity index (χ4v) is 2.50. The molecule has 0 radical (unpaired) electrons. The number of rotatable bonds is 3. The van der Waals surface area contributed by atoms with Crippen molar-refractivity contribution in [2.45, 2.75) is 25.0 Å². The van der Waals surface area contributed by atoms with Crippen LogP contribution in [0.3, 0.4) is 0 Å². The zero-order valence-corrected chi connectivity index (χ0v) is 11.8. The van der Waals surface area contributed by atoms with Gasteiger partial charge in [-0.2, -0.15) is 0 Å². The second-order valence-corrected chi connectivity index (χ2v) is 4.96.